The van der Waals surface area contributed by atoms with Crippen LogP contribution >= 0.6 is 0 Å². The van der Waals surface area contributed by atoms with Crippen molar-refractivity contribution in [3.05, 3.63) is 53.2 Å². The average Bonchev–Trinajstić information content (AvgIpc) is 2.88. The molecule has 0 aliphatic heterocycles. The van der Waals surface area contributed by atoms with Crippen molar-refractivity contribution in [1.82, 2.24) is 10.5 Å². The predicted octanol–water partition coefficient (Wildman–Crippen LogP) is 2.76. The quantitative estimate of drug-likeness (QED) is 0.884. The largest absolute Gasteiger partial charge is 0.416 e. The monoisotopic (exact) mass is 288 g/mol. The lowest BCUT2D eigenvalue weighted by molar-refractivity contribution is -0.137. The van der Waals surface area contributed by atoms with Gasteiger partial charge in [0.15, 0.2) is 5.76 Å². The van der Waals surface area contributed by atoms with Gasteiger partial charge in [-0.3, -0.25) is 4.79 Å². The molecule has 2 rings (SSSR count). The fourth-order valence-corrected chi connectivity index (χ4v) is 1.47. The molecule has 0 atom stereocenters. The topological polar surface area (TPSA) is 55.1 Å². The summed E-state index contributed by atoms with van der Waals surface area (Å²) in [5.74, 6) is -1.70. The third kappa shape index (κ3) is 3.14. The first-order chi connectivity index (χ1) is 9.38. The molecule has 1 N–H and O–H groups in total. The first-order valence-corrected chi connectivity index (χ1v) is 5.42. The van der Waals surface area contributed by atoms with E-state index in [1.54, 1.807) is 0 Å². The zero-order chi connectivity index (χ0) is 14.8. The van der Waals surface area contributed by atoms with Crippen LogP contribution in [0.5, 0.6) is 0 Å². The van der Waals surface area contributed by atoms with E-state index in [1.165, 1.54) is 12.3 Å². The van der Waals surface area contributed by atoms with E-state index in [-0.39, 0.29) is 6.54 Å². The molecule has 0 saturated carbocycles. The van der Waals surface area contributed by atoms with Crippen molar-refractivity contribution in [2.75, 3.05) is 0 Å². The predicted molar refractivity (Wildman–Crippen MR) is 59.1 cm³/mol. The zero-order valence-corrected chi connectivity index (χ0v) is 9.87. The molecule has 20 heavy (non-hydrogen) atoms. The second kappa shape index (κ2) is 5.32. The Kier molecular flexibility index (Phi) is 3.73. The first-order valence-electron chi connectivity index (χ1n) is 5.42. The molecule has 1 aromatic carbocycles. The minimum Gasteiger partial charge on any atom is -0.360 e. The lowest BCUT2D eigenvalue weighted by atomic mass is 10.1. The maximum Gasteiger partial charge on any atom is 0.416 e. The molecule has 106 valence electrons. The number of hydrogen-bond donors (Lipinski definition) is 1. The van der Waals surface area contributed by atoms with E-state index < -0.39 is 29.0 Å². The van der Waals surface area contributed by atoms with Crippen LogP contribution < -0.4 is 5.32 Å². The summed E-state index contributed by atoms with van der Waals surface area (Å²) in [5.41, 5.74) is -1.77. The number of carbonyl (C=O) groups excluding carboxylic acids is 1. The number of hydrogen-bond acceptors (Lipinski definition) is 3. The number of carbonyl (C=O) groups is 1. The van der Waals surface area contributed by atoms with Crippen molar-refractivity contribution < 1.29 is 26.9 Å². The van der Waals surface area contributed by atoms with Crippen molar-refractivity contribution >= 4 is 5.91 Å². The standard InChI is InChI=1S/C12H8F4N2O2/c13-10-2-1-7(12(14,15)16)5-9(10)11(19)17-6-8-3-4-18-20-8/h1-5H,6H2,(H,17,19). The second-order valence-corrected chi connectivity index (χ2v) is 3.85. The highest BCUT2D eigenvalue weighted by Crippen LogP contribution is 2.30. The van der Waals surface area contributed by atoms with E-state index in [2.05, 4.69) is 15.0 Å². The number of aromatic nitrogens is 1. The summed E-state index contributed by atoms with van der Waals surface area (Å²) in [6.45, 7) is -0.103. The Labute approximate surface area is 110 Å². The van der Waals surface area contributed by atoms with Gasteiger partial charge in [-0.25, -0.2) is 4.39 Å². The number of benzene rings is 1. The lowest BCUT2D eigenvalue weighted by Crippen LogP contribution is -2.24. The summed E-state index contributed by atoms with van der Waals surface area (Å²) in [7, 11) is 0. The Hall–Kier alpha value is -2.38. The normalized spacial score (nSPS) is 11.4. The molecule has 0 radical (unpaired) electrons. The van der Waals surface area contributed by atoms with Gasteiger partial charge >= 0.3 is 6.18 Å². The van der Waals surface area contributed by atoms with Crippen LogP contribution in [0.15, 0.2) is 35.0 Å². The van der Waals surface area contributed by atoms with Crippen LogP contribution in [0, 0.1) is 5.82 Å². The van der Waals surface area contributed by atoms with Gasteiger partial charge in [-0.1, -0.05) is 5.16 Å². The molecule has 1 heterocycles. The maximum absolute atomic E-state index is 13.4. The van der Waals surface area contributed by atoms with E-state index in [4.69, 9.17) is 0 Å². The van der Waals surface area contributed by atoms with Gasteiger partial charge in [0.05, 0.1) is 23.9 Å². The van der Waals surface area contributed by atoms with Crippen LogP contribution in [0.2, 0.25) is 0 Å². The molecule has 0 aliphatic carbocycles. The third-order valence-electron chi connectivity index (χ3n) is 2.45. The second-order valence-electron chi connectivity index (χ2n) is 3.85. The molecule has 0 aliphatic rings. The molecular weight excluding hydrogens is 280 g/mol. The summed E-state index contributed by atoms with van der Waals surface area (Å²) < 4.78 is 55.6. The molecule has 0 bridgehead atoms. The highest BCUT2D eigenvalue weighted by molar-refractivity contribution is 5.94. The molecular formula is C12H8F4N2O2. The van der Waals surface area contributed by atoms with E-state index in [9.17, 15) is 22.4 Å². The Morgan fingerprint density at radius 3 is 2.65 bits per heavy atom. The van der Waals surface area contributed by atoms with E-state index >= 15 is 0 Å². The van der Waals surface area contributed by atoms with Gasteiger partial charge < -0.3 is 9.84 Å². The zero-order valence-electron chi connectivity index (χ0n) is 9.87. The van der Waals surface area contributed by atoms with E-state index in [0.717, 1.165) is 0 Å². The number of nitrogens with one attached hydrogen (secondary N) is 1. The fourth-order valence-electron chi connectivity index (χ4n) is 1.47. The SMILES string of the molecule is O=C(NCc1ccno1)c1cc(C(F)(F)F)ccc1F. The van der Waals surface area contributed by atoms with Gasteiger partial charge in [0, 0.05) is 6.07 Å². The van der Waals surface area contributed by atoms with Crippen molar-refractivity contribution in [3.8, 4) is 0 Å². The van der Waals surface area contributed by atoms with Crippen LogP contribution in [-0.2, 0) is 12.7 Å². The van der Waals surface area contributed by atoms with E-state index in [1.807, 2.05) is 0 Å². The lowest BCUT2D eigenvalue weighted by Gasteiger charge is -2.09. The van der Waals surface area contributed by atoms with E-state index in [0.29, 0.717) is 24.0 Å². The van der Waals surface area contributed by atoms with Crippen LogP contribution in [0.4, 0.5) is 17.6 Å². The molecule has 1 aromatic heterocycles. The molecule has 8 heteroatoms. The summed E-state index contributed by atoms with van der Waals surface area (Å²) in [6, 6.07) is 3.10. The number of halogens is 4. The first kappa shape index (κ1) is 14.0. The smallest absolute Gasteiger partial charge is 0.360 e. The summed E-state index contributed by atoms with van der Waals surface area (Å²) in [6.07, 6.45) is -3.31. The highest BCUT2D eigenvalue weighted by Gasteiger charge is 2.31. The molecule has 2 aromatic rings. The molecule has 0 spiro atoms. The Morgan fingerprint density at radius 2 is 2.05 bits per heavy atom. The van der Waals surface area contributed by atoms with Crippen molar-refractivity contribution in [2.45, 2.75) is 12.7 Å². The number of amides is 1. The van der Waals surface area contributed by atoms with Crippen LogP contribution in [0.1, 0.15) is 21.7 Å². The minimum atomic E-state index is -4.65. The number of nitrogens with zero attached hydrogens (tertiary/aromatic N) is 1. The Bertz CT molecular complexity index is 608. The van der Waals surface area contributed by atoms with Crippen molar-refractivity contribution in [3.63, 3.8) is 0 Å². The molecule has 0 saturated heterocycles. The summed E-state index contributed by atoms with van der Waals surface area (Å²) in [4.78, 5) is 11.7. The maximum atomic E-state index is 13.4. The van der Waals surface area contributed by atoms with Gasteiger partial charge in [0.1, 0.15) is 5.82 Å². The summed E-state index contributed by atoms with van der Waals surface area (Å²) in [5, 5.41) is 5.63. The average molecular weight is 288 g/mol. The summed E-state index contributed by atoms with van der Waals surface area (Å²) >= 11 is 0. The fraction of sp³-hybridized carbons (Fsp3) is 0.167. The van der Waals surface area contributed by atoms with Gasteiger partial charge in [-0.2, -0.15) is 13.2 Å². The number of alkyl halides is 3. The molecule has 0 fully saturated rings. The van der Waals surface area contributed by atoms with Gasteiger partial charge in [-0.05, 0) is 18.2 Å². The van der Waals surface area contributed by atoms with Crippen LogP contribution in [-0.4, -0.2) is 11.1 Å². The number of rotatable bonds is 3. The van der Waals surface area contributed by atoms with Crippen LogP contribution in [0.3, 0.4) is 0 Å². The van der Waals surface area contributed by atoms with Crippen molar-refractivity contribution in [1.29, 1.82) is 0 Å². The minimum absolute atomic E-state index is 0.103. The van der Waals surface area contributed by atoms with Gasteiger partial charge in [0.2, 0.25) is 0 Å². The molecule has 4 nitrogen and oxygen atoms in total. The van der Waals surface area contributed by atoms with Crippen molar-refractivity contribution in [2.24, 2.45) is 0 Å². The van der Waals surface area contributed by atoms with Gasteiger partial charge in [0.25, 0.3) is 5.91 Å². The highest BCUT2D eigenvalue weighted by atomic mass is 19.4. The van der Waals surface area contributed by atoms with Gasteiger partial charge in [-0.15, -0.1) is 0 Å². The Morgan fingerprint density at radius 1 is 1.30 bits per heavy atom. The molecule has 0 unspecified atom stereocenters. The van der Waals surface area contributed by atoms with Crippen LogP contribution in [0.25, 0.3) is 0 Å². The Balaban J connectivity index is 2.16. The third-order valence-corrected chi connectivity index (χ3v) is 2.45. The molecule has 1 amide bonds.